The Bertz CT molecular complexity index is 1050. The molecule has 0 radical (unpaired) electrons. The highest BCUT2D eigenvalue weighted by molar-refractivity contribution is 6.05. The van der Waals surface area contributed by atoms with E-state index in [1.54, 1.807) is 25.2 Å². The van der Waals surface area contributed by atoms with Gasteiger partial charge in [0.1, 0.15) is 5.82 Å². The van der Waals surface area contributed by atoms with E-state index in [9.17, 15) is 14.0 Å². The number of fused-ring (bicyclic) bond motifs is 1. The fourth-order valence-electron chi connectivity index (χ4n) is 3.11. The molecule has 0 unspecified atom stereocenters. The van der Waals surface area contributed by atoms with Crippen LogP contribution in [0.3, 0.4) is 0 Å². The van der Waals surface area contributed by atoms with E-state index < -0.39 is 11.7 Å². The number of anilines is 2. The van der Waals surface area contributed by atoms with Crippen LogP contribution >= 0.6 is 0 Å². The van der Waals surface area contributed by atoms with Crippen LogP contribution in [0.4, 0.5) is 15.8 Å². The third kappa shape index (κ3) is 3.26. The van der Waals surface area contributed by atoms with Crippen molar-refractivity contribution in [2.45, 2.75) is 12.3 Å². The number of rotatable bonds is 3. The molecule has 27 heavy (non-hydrogen) atoms. The maximum Gasteiger partial charge on any atom is 0.232 e. The van der Waals surface area contributed by atoms with Crippen molar-refractivity contribution in [2.75, 3.05) is 10.6 Å². The summed E-state index contributed by atoms with van der Waals surface area (Å²) in [7, 11) is 1.72. The number of halogens is 1. The van der Waals surface area contributed by atoms with Crippen molar-refractivity contribution in [3.8, 4) is 11.4 Å². The van der Waals surface area contributed by atoms with Gasteiger partial charge < -0.3 is 10.6 Å². The van der Waals surface area contributed by atoms with Crippen LogP contribution < -0.4 is 10.6 Å². The first-order valence-electron chi connectivity index (χ1n) is 8.24. The van der Waals surface area contributed by atoms with E-state index in [4.69, 9.17) is 0 Å². The largest absolute Gasteiger partial charge is 0.326 e. The second kappa shape index (κ2) is 6.60. The topological polar surface area (TPSA) is 102 Å². The minimum atomic E-state index is -0.700. The van der Waals surface area contributed by atoms with Crippen molar-refractivity contribution in [2.24, 2.45) is 7.05 Å². The van der Waals surface area contributed by atoms with Gasteiger partial charge in [-0.15, -0.1) is 5.10 Å². The van der Waals surface area contributed by atoms with Gasteiger partial charge in [0.15, 0.2) is 5.82 Å². The quantitative estimate of drug-likeness (QED) is 0.739. The Hall–Kier alpha value is -3.62. The van der Waals surface area contributed by atoms with Crippen molar-refractivity contribution in [1.82, 2.24) is 20.2 Å². The van der Waals surface area contributed by atoms with Gasteiger partial charge in [0, 0.05) is 30.4 Å². The lowest BCUT2D eigenvalue weighted by Gasteiger charge is -2.25. The highest BCUT2D eigenvalue weighted by Crippen LogP contribution is 2.33. The number of carbonyl (C=O) groups is 2. The van der Waals surface area contributed by atoms with Gasteiger partial charge in [0.2, 0.25) is 11.8 Å². The van der Waals surface area contributed by atoms with E-state index in [0.29, 0.717) is 22.8 Å². The van der Waals surface area contributed by atoms with E-state index in [1.807, 2.05) is 6.07 Å². The Morgan fingerprint density at radius 2 is 2.15 bits per heavy atom. The molecule has 2 amide bonds. The molecule has 8 nitrogen and oxygen atoms in total. The van der Waals surface area contributed by atoms with Crippen LogP contribution in [0.15, 0.2) is 42.5 Å². The Labute approximate surface area is 153 Å². The fraction of sp³-hybridized carbons (Fsp3) is 0.167. The van der Waals surface area contributed by atoms with E-state index in [-0.39, 0.29) is 18.2 Å². The first kappa shape index (κ1) is 16.8. The Balaban J connectivity index is 1.60. The molecule has 2 heterocycles. The average Bonchev–Trinajstić information content (AvgIpc) is 3.07. The summed E-state index contributed by atoms with van der Waals surface area (Å²) in [6, 6.07) is 11.1. The van der Waals surface area contributed by atoms with Crippen LogP contribution in [-0.2, 0) is 16.6 Å². The van der Waals surface area contributed by atoms with Crippen LogP contribution in [0, 0.1) is 5.82 Å². The SMILES string of the molecule is Cn1nnnc1-c1cccc(NC(=O)[C@H]2CC(=O)Nc3cc(F)ccc32)c1. The van der Waals surface area contributed by atoms with Gasteiger partial charge in [-0.1, -0.05) is 18.2 Å². The highest BCUT2D eigenvalue weighted by atomic mass is 19.1. The molecule has 9 heteroatoms. The molecule has 2 N–H and O–H groups in total. The summed E-state index contributed by atoms with van der Waals surface area (Å²) < 4.78 is 15.0. The van der Waals surface area contributed by atoms with Crippen LogP contribution in [0.1, 0.15) is 17.9 Å². The van der Waals surface area contributed by atoms with Gasteiger partial charge in [-0.25, -0.2) is 9.07 Å². The third-order valence-electron chi connectivity index (χ3n) is 4.38. The van der Waals surface area contributed by atoms with E-state index in [0.717, 1.165) is 5.56 Å². The number of nitrogens with zero attached hydrogens (tertiary/aromatic N) is 4. The first-order valence-corrected chi connectivity index (χ1v) is 8.24. The van der Waals surface area contributed by atoms with Crippen molar-refractivity contribution < 1.29 is 14.0 Å². The van der Waals surface area contributed by atoms with Crippen LogP contribution in [0.2, 0.25) is 0 Å². The number of hydrogen-bond donors (Lipinski definition) is 2. The molecule has 1 aliphatic rings. The smallest absolute Gasteiger partial charge is 0.232 e. The standard InChI is InChI=1S/C18H15FN6O2/c1-25-17(22-23-24-25)10-3-2-4-12(7-10)20-18(27)14-9-16(26)21-15-8-11(19)5-6-13(14)15/h2-8,14H,9H2,1H3,(H,20,27)(H,21,26)/t14-/m0/s1. The highest BCUT2D eigenvalue weighted by Gasteiger charge is 2.31. The van der Waals surface area contributed by atoms with E-state index in [2.05, 4.69) is 26.2 Å². The van der Waals surface area contributed by atoms with Gasteiger partial charge in [-0.3, -0.25) is 9.59 Å². The number of aromatic nitrogens is 4. The predicted octanol–water partition coefficient (Wildman–Crippen LogP) is 2.08. The second-order valence-electron chi connectivity index (χ2n) is 6.23. The molecule has 0 bridgehead atoms. The number of tetrazole rings is 1. The Morgan fingerprint density at radius 1 is 1.30 bits per heavy atom. The molecule has 0 saturated carbocycles. The molecule has 2 aromatic carbocycles. The van der Waals surface area contributed by atoms with Crippen LogP contribution in [0.5, 0.6) is 0 Å². The first-order chi connectivity index (χ1) is 13.0. The maximum atomic E-state index is 13.4. The molecule has 4 rings (SSSR count). The minimum Gasteiger partial charge on any atom is -0.326 e. The Kier molecular flexibility index (Phi) is 4.11. The fourth-order valence-corrected chi connectivity index (χ4v) is 3.11. The van der Waals surface area contributed by atoms with E-state index in [1.165, 1.54) is 22.9 Å². The van der Waals surface area contributed by atoms with Crippen LogP contribution in [-0.4, -0.2) is 32.0 Å². The molecule has 3 aromatic rings. The summed E-state index contributed by atoms with van der Waals surface area (Å²) in [5.74, 6) is -1.28. The predicted molar refractivity (Wildman–Crippen MR) is 95.3 cm³/mol. The van der Waals surface area contributed by atoms with Crippen molar-refractivity contribution in [1.29, 1.82) is 0 Å². The lowest BCUT2D eigenvalue weighted by atomic mass is 9.89. The van der Waals surface area contributed by atoms with Gasteiger partial charge in [0.05, 0.1) is 5.92 Å². The molecular formula is C18H15FN6O2. The molecule has 1 aromatic heterocycles. The van der Waals surface area contributed by atoms with Crippen molar-refractivity contribution in [3.63, 3.8) is 0 Å². The maximum absolute atomic E-state index is 13.4. The number of hydrogen-bond acceptors (Lipinski definition) is 5. The zero-order chi connectivity index (χ0) is 19.0. The molecule has 0 saturated heterocycles. The average molecular weight is 366 g/mol. The summed E-state index contributed by atoms with van der Waals surface area (Å²) in [5, 5.41) is 16.8. The van der Waals surface area contributed by atoms with Gasteiger partial charge in [0.25, 0.3) is 0 Å². The summed E-state index contributed by atoms with van der Waals surface area (Å²) in [6.45, 7) is 0. The molecular weight excluding hydrogens is 351 g/mol. The van der Waals surface area contributed by atoms with Crippen molar-refractivity contribution in [3.05, 3.63) is 53.8 Å². The lowest BCUT2D eigenvalue weighted by molar-refractivity contribution is -0.123. The lowest BCUT2D eigenvalue weighted by Crippen LogP contribution is -2.30. The van der Waals surface area contributed by atoms with Gasteiger partial charge in [-0.05, 0) is 40.3 Å². The van der Waals surface area contributed by atoms with Crippen LogP contribution in [0.25, 0.3) is 11.4 Å². The number of benzene rings is 2. The molecule has 0 spiro atoms. The van der Waals surface area contributed by atoms with Gasteiger partial charge in [-0.2, -0.15) is 0 Å². The monoisotopic (exact) mass is 366 g/mol. The number of aryl methyl sites for hydroxylation is 1. The Morgan fingerprint density at radius 3 is 2.93 bits per heavy atom. The number of nitrogens with one attached hydrogen (secondary N) is 2. The molecule has 0 fully saturated rings. The molecule has 136 valence electrons. The summed E-state index contributed by atoms with van der Waals surface area (Å²) in [6.07, 6.45) is -0.00262. The minimum absolute atomic E-state index is 0.00262. The zero-order valence-corrected chi connectivity index (χ0v) is 14.3. The van der Waals surface area contributed by atoms with Crippen molar-refractivity contribution >= 4 is 23.2 Å². The summed E-state index contributed by atoms with van der Waals surface area (Å²) in [4.78, 5) is 24.7. The third-order valence-corrected chi connectivity index (χ3v) is 4.38. The summed E-state index contributed by atoms with van der Waals surface area (Å²) in [5.41, 5.74) is 2.20. The number of amides is 2. The van der Waals surface area contributed by atoms with E-state index >= 15 is 0 Å². The molecule has 0 aliphatic carbocycles. The van der Waals surface area contributed by atoms with Gasteiger partial charge >= 0.3 is 0 Å². The molecule has 1 atom stereocenters. The summed E-state index contributed by atoms with van der Waals surface area (Å²) >= 11 is 0. The zero-order valence-electron chi connectivity index (χ0n) is 14.3. The normalized spacial score (nSPS) is 15.8. The second-order valence-corrected chi connectivity index (χ2v) is 6.23. The number of carbonyl (C=O) groups excluding carboxylic acids is 2. The molecule has 1 aliphatic heterocycles.